The monoisotopic (exact) mass is 526 g/mol. The van der Waals surface area contributed by atoms with Crippen LogP contribution < -0.4 is 0 Å². The smallest absolute Gasteiger partial charge is 0.304 e. The first-order chi connectivity index (χ1) is 18.9. The van der Waals surface area contributed by atoms with Crippen molar-refractivity contribution in [1.82, 2.24) is 19.9 Å². The highest BCUT2D eigenvalue weighted by molar-refractivity contribution is 5.95. The van der Waals surface area contributed by atoms with Crippen LogP contribution in [0.3, 0.4) is 0 Å². The third-order valence-electron chi connectivity index (χ3n) is 8.20. The van der Waals surface area contributed by atoms with Crippen molar-refractivity contribution >= 4 is 22.9 Å². The molecule has 0 saturated carbocycles. The number of carbonyl (C=O) groups excluding carboxylic acids is 1. The Labute approximate surface area is 226 Å². The largest absolute Gasteiger partial charge is 0.481 e. The number of carboxylic acid groups (broad SMARTS) is 1. The first-order valence-corrected chi connectivity index (χ1v) is 13.6. The van der Waals surface area contributed by atoms with Crippen LogP contribution in [0.1, 0.15) is 75.3 Å². The van der Waals surface area contributed by atoms with Crippen LogP contribution in [0.4, 0.5) is 4.39 Å². The topological polar surface area (TPSA) is 88.3 Å². The molecule has 1 unspecified atom stereocenters. The van der Waals surface area contributed by atoms with Gasteiger partial charge in [-0.25, -0.2) is 9.07 Å². The van der Waals surface area contributed by atoms with Gasteiger partial charge in [0.2, 0.25) is 0 Å². The lowest BCUT2D eigenvalue weighted by atomic mass is 9.85. The maximum absolute atomic E-state index is 15.9. The highest BCUT2D eigenvalue weighted by Gasteiger charge is 2.27. The number of carboxylic acids is 1. The lowest BCUT2D eigenvalue weighted by Gasteiger charge is -2.30. The zero-order valence-corrected chi connectivity index (χ0v) is 22.0. The first-order valence-electron chi connectivity index (χ1n) is 13.6. The highest BCUT2D eigenvalue weighted by Crippen LogP contribution is 2.35. The molecule has 4 aromatic rings. The zero-order valence-electron chi connectivity index (χ0n) is 22.0. The molecule has 1 aromatic heterocycles. The van der Waals surface area contributed by atoms with Gasteiger partial charge in [-0.05, 0) is 78.1 Å². The Morgan fingerprint density at radius 2 is 1.90 bits per heavy atom. The summed E-state index contributed by atoms with van der Waals surface area (Å²) in [6.07, 6.45) is 4.24. The molecule has 0 saturated heterocycles. The molecule has 9 bridgehead atoms. The van der Waals surface area contributed by atoms with E-state index in [0.717, 1.165) is 42.4 Å². The molecule has 8 heteroatoms. The molecule has 39 heavy (non-hydrogen) atoms. The van der Waals surface area contributed by atoms with Crippen LogP contribution >= 0.6 is 0 Å². The summed E-state index contributed by atoms with van der Waals surface area (Å²) in [5.41, 5.74) is 6.78. The van der Waals surface area contributed by atoms with Gasteiger partial charge in [-0.2, -0.15) is 0 Å². The standard InChI is InChI=1S/C31H31FN4O3/c1-19-15-20-5-3-2-4-13-36-27-11-10-25(29(32)30(27)33-34-36)26(17-28(37)38)22-8-7-21-12-14-35(18-23(21)16-22)31(39)24(19)9-6-20/h6-11,15-16,26H,2-5,12-14,17-18H2,1H3,(H,37,38). The van der Waals surface area contributed by atoms with Gasteiger partial charge >= 0.3 is 5.97 Å². The summed E-state index contributed by atoms with van der Waals surface area (Å²) in [6.45, 7) is 3.67. The molecule has 5 aliphatic rings. The van der Waals surface area contributed by atoms with Crippen LogP contribution in [0.15, 0.2) is 48.5 Å². The number of rotatable bonds is 2. The molecule has 0 aliphatic carbocycles. The summed E-state index contributed by atoms with van der Waals surface area (Å²) >= 11 is 0. The molecule has 1 N–H and O–H groups in total. The Balaban J connectivity index is 1.45. The lowest BCUT2D eigenvalue weighted by molar-refractivity contribution is -0.137. The van der Waals surface area contributed by atoms with Gasteiger partial charge in [-0.3, -0.25) is 9.59 Å². The second kappa shape index (κ2) is 10.2. The molecule has 7 nitrogen and oxygen atoms in total. The van der Waals surface area contributed by atoms with E-state index in [2.05, 4.69) is 22.4 Å². The molecule has 9 rings (SSSR count). The average molecular weight is 527 g/mol. The van der Waals surface area contributed by atoms with Crippen molar-refractivity contribution in [3.8, 4) is 0 Å². The molecule has 200 valence electrons. The number of carbonyl (C=O) groups is 2. The van der Waals surface area contributed by atoms with Crippen LogP contribution in [0.2, 0.25) is 0 Å². The molecule has 3 aromatic carbocycles. The number of aryl methyl sites for hydroxylation is 3. The lowest BCUT2D eigenvalue weighted by Crippen LogP contribution is -2.36. The van der Waals surface area contributed by atoms with E-state index in [1.54, 1.807) is 16.8 Å². The summed E-state index contributed by atoms with van der Waals surface area (Å²) < 4.78 is 17.6. The molecular weight excluding hydrogens is 495 g/mol. The highest BCUT2D eigenvalue weighted by atomic mass is 19.1. The number of benzene rings is 3. The van der Waals surface area contributed by atoms with Gasteiger partial charge in [0.05, 0.1) is 11.9 Å². The van der Waals surface area contributed by atoms with Gasteiger partial charge in [0.25, 0.3) is 5.91 Å². The molecule has 0 spiro atoms. The Bertz CT molecular complexity index is 1590. The SMILES string of the molecule is Cc1cc2ccc1C(=O)N1CCc3ccc(cc3C1)C(CC(=O)O)c1ccc3c(nnn3CCCCC2)c1F. The Morgan fingerprint density at radius 3 is 2.72 bits per heavy atom. The fourth-order valence-corrected chi connectivity index (χ4v) is 6.06. The van der Waals surface area contributed by atoms with Crippen molar-refractivity contribution in [1.29, 1.82) is 0 Å². The summed E-state index contributed by atoms with van der Waals surface area (Å²) in [5, 5.41) is 18.1. The van der Waals surface area contributed by atoms with Gasteiger partial charge in [0.1, 0.15) is 5.52 Å². The number of hydrogen-bond donors (Lipinski definition) is 1. The number of amides is 1. The molecule has 6 heterocycles. The molecular formula is C31H31FN4O3. The second-order valence-corrected chi connectivity index (χ2v) is 10.8. The van der Waals surface area contributed by atoms with E-state index in [4.69, 9.17) is 0 Å². The Kier molecular flexibility index (Phi) is 6.62. The van der Waals surface area contributed by atoms with Crippen molar-refractivity contribution in [2.24, 2.45) is 0 Å². The molecule has 1 amide bonds. The predicted molar refractivity (Wildman–Crippen MR) is 145 cm³/mol. The normalized spacial score (nSPS) is 17.7. The molecule has 0 fully saturated rings. The van der Waals surface area contributed by atoms with Crippen molar-refractivity contribution in [2.45, 2.75) is 64.5 Å². The van der Waals surface area contributed by atoms with Crippen LogP contribution in [0, 0.1) is 12.7 Å². The number of hydrogen-bond acceptors (Lipinski definition) is 4. The minimum atomic E-state index is -1.01. The van der Waals surface area contributed by atoms with E-state index >= 15 is 4.39 Å². The molecule has 5 aliphatic heterocycles. The Hall–Kier alpha value is -4.07. The maximum Gasteiger partial charge on any atom is 0.304 e. The van der Waals surface area contributed by atoms with E-state index in [1.807, 2.05) is 36.1 Å². The summed E-state index contributed by atoms with van der Waals surface area (Å²) in [7, 11) is 0. The van der Waals surface area contributed by atoms with Gasteiger partial charge in [0.15, 0.2) is 5.82 Å². The van der Waals surface area contributed by atoms with Crippen LogP contribution in [-0.2, 0) is 30.7 Å². The van der Waals surface area contributed by atoms with E-state index in [9.17, 15) is 14.7 Å². The number of aliphatic carboxylic acids is 1. The molecule has 1 atom stereocenters. The van der Waals surface area contributed by atoms with Crippen molar-refractivity contribution in [3.63, 3.8) is 0 Å². The zero-order chi connectivity index (χ0) is 27.1. The quantitative estimate of drug-likeness (QED) is 0.377. The first kappa shape index (κ1) is 25.2. The van der Waals surface area contributed by atoms with Crippen LogP contribution in [-0.4, -0.2) is 43.4 Å². The maximum atomic E-state index is 15.9. The summed E-state index contributed by atoms with van der Waals surface area (Å²) in [6, 6.07) is 15.4. The predicted octanol–water partition coefficient (Wildman–Crippen LogP) is 5.41. The van der Waals surface area contributed by atoms with Gasteiger partial charge < -0.3 is 10.0 Å². The Morgan fingerprint density at radius 1 is 1.03 bits per heavy atom. The number of nitrogens with zero attached hydrogens (tertiary/aromatic N) is 4. The number of aromatic nitrogens is 3. The van der Waals surface area contributed by atoms with E-state index in [0.29, 0.717) is 48.3 Å². The average Bonchev–Trinajstić information content (AvgIpc) is 3.34. The summed E-state index contributed by atoms with van der Waals surface area (Å²) in [5.74, 6) is -2.23. The fourth-order valence-electron chi connectivity index (χ4n) is 6.06. The van der Waals surface area contributed by atoms with E-state index in [-0.39, 0.29) is 17.8 Å². The van der Waals surface area contributed by atoms with Crippen LogP contribution in [0.25, 0.3) is 11.0 Å². The van der Waals surface area contributed by atoms with Gasteiger partial charge in [-0.1, -0.05) is 48.0 Å². The fraction of sp³-hybridized carbons (Fsp3) is 0.355. The third-order valence-corrected chi connectivity index (χ3v) is 8.20. The minimum Gasteiger partial charge on any atom is -0.481 e. The van der Waals surface area contributed by atoms with Crippen LogP contribution in [0.5, 0.6) is 0 Å². The molecule has 0 radical (unpaired) electrons. The van der Waals surface area contributed by atoms with E-state index in [1.165, 1.54) is 5.56 Å². The van der Waals surface area contributed by atoms with Crippen molar-refractivity contribution in [2.75, 3.05) is 6.54 Å². The van der Waals surface area contributed by atoms with Gasteiger partial charge in [0, 0.05) is 31.1 Å². The van der Waals surface area contributed by atoms with E-state index < -0.39 is 17.7 Å². The third kappa shape index (κ3) is 4.80. The second-order valence-electron chi connectivity index (χ2n) is 10.8. The van der Waals surface area contributed by atoms with Crippen molar-refractivity contribution in [3.05, 3.63) is 93.3 Å². The van der Waals surface area contributed by atoms with Gasteiger partial charge in [-0.15, -0.1) is 5.10 Å². The van der Waals surface area contributed by atoms with Crippen molar-refractivity contribution < 1.29 is 19.1 Å². The number of halogens is 1. The minimum absolute atomic E-state index is 0.00181. The summed E-state index contributed by atoms with van der Waals surface area (Å²) in [4.78, 5) is 27.3.